The molecule has 1 atom stereocenters. The van der Waals surface area contributed by atoms with Gasteiger partial charge in [-0.25, -0.2) is 9.97 Å². The molecule has 1 amide bonds. The largest absolute Gasteiger partial charge is 0.383 e. The molecule has 0 spiro atoms. The van der Waals surface area contributed by atoms with Crippen molar-refractivity contribution in [3.8, 4) is 0 Å². The van der Waals surface area contributed by atoms with Gasteiger partial charge in [-0.3, -0.25) is 4.79 Å². The summed E-state index contributed by atoms with van der Waals surface area (Å²) in [5.74, 6) is -0.0783. The number of nitrogens with zero attached hydrogens (tertiary/aromatic N) is 4. The highest BCUT2D eigenvalue weighted by Crippen LogP contribution is 2.28. The number of aromatic nitrogens is 3. The van der Waals surface area contributed by atoms with Crippen LogP contribution in [-0.2, 0) is 6.42 Å². The fourth-order valence-corrected chi connectivity index (χ4v) is 4.24. The first-order valence-corrected chi connectivity index (χ1v) is 12.0. The molecule has 180 valence electrons. The van der Waals surface area contributed by atoms with E-state index in [2.05, 4.69) is 22.6 Å². The number of carbonyl (C=O) groups is 1. The first kappa shape index (κ1) is 23.2. The summed E-state index contributed by atoms with van der Waals surface area (Å²) in [5.41, 5.74) is 12.4. The van der Waals surface area contributed by atoms with Gasteiger partial charge < -0.3 is 11.1 Å². The molecule has 3 N–H and O–H groups in total. The Morgan fingerprint density at radius 3 is 2.42 bits per heavy atom. The highest BCUT2D eigenvalue weighted by Gasteiger charge is 2.25. The van der Waals surface area contributed by atoms with E-state index in [0.717, 1.165) is 24.0 Å². The van der Waals surface area contributed by atoms with Gasteiger partial charge in [0.25, 0.3) is 5.91 Å². The van der Waals surface area contributed by atoms with E-state index >= 15 is 0 Å². The number of para-hydroxylation sites is 2. The van der Waals surface area contributed by atoms with Gasteiger partial charge in [-0.2, -0.15) is 9.78 Å². The highest BCUT2D eigenvalue weighted by atomic mass is 16.1. The molecule has 0 saturated heterocycles. The van der Waals surface area contributed by atoms with E-state index < -0.39 is 0 Å². The smallest absolute Gasteiger partial charge is 0.257 e. The molecule has 7 heteroatoms. The van der Waals surface area contributed by atoms with Crippen molar-refractivity contribution in [3.05, 3.63) is 101 Å². The van der Waals surface area contributed by atoms with Gasteiger partial charge in [0.05, 0.1) is 17.2 Å². The number of fused-ring (bicyclic) bond motifs is 2. The molecule has 2 aromatic heterocycles. The number of carbonyl (C=O) groups excluding carboxylic acids is 1. The van der Waals surface area contributed by atoms with Gasteiger partial charge >= 0.3 is 0 Å². The van der Waals surface area contributed by atoms with Gasteiger partial charge in [0.15, 0.2) is 5.65 Å². The topological polar surface area (TPSA) is 98.2 Å². The number of aryl methyl sites for hydroxylation is 2. The summed E-state index contributed by atoms with van der Waals surface area (Å²) >= 11 is 0. The van der Waals surface area contributed by atoms with Gasteiger partial charge in [-0.15, -0.1) is 0 Å². The van der Waals surface area contributed by atoms with Crippen LogP contribution >= 0.6 is 0 Å². The van der Waals surface area contributed by atoms with Gasteiger partial charge in [0, 0.05) is 6.04 Å². The van der Waals surface area contributed by atoms with Crippen LogP contribution in [0.2, 0.25) is 0 Å². The van der Waals surface area contributed by atoms with Gasteiger partial charge in [-0.1, -0.05) is 66.7 Å². The van der Waals surface area contributed by atoms with Crippen molar-refractivity contribution < 1.29 is 4.79 Å². The van der Waals surface area contributed by atoms with Crippen LogP contribution < -0.4 is 11.1 Å². The van der Waals surface area contributed by atoms with Crippen molar-refractivity contribution in [2.24, 2.45) is 5.10 Å². The third-order valence-corrected chi connectivity index (χ3v) is 6.29. The van der Waals surface area contributed by atoms with Crippen LogP contribution in [0.5, 0.6) is 0 Å². The van der Waals surface area contributed by atoms with E-state index in [1.54, 1.807) is 6.21 Å². The Bertz CT molecular complexity index is 1570. The molecule has 0 fully saturated rings. The van der Waals surface area contributed by atoms with Crippen LogP contribution in [0, 0.1) is 6.92 Å². The van der Waals surface area contributed by atoms with E-state index in [0.29, 0.717) is 22.2 Å². The van der Waals surface area contributed by atoms with Gasteiger partial charge in [0.1, 0.15) is 16.9 Å². The predicted octanol–water partition coefficient (Wildman–Crippen LogP) is 5.11. The average molecular weight is 477 g/mol. The average Bonchev–Trinajstić information content (AvgIpc) is 3.16. The van der Waals surface area contributed by atoms with Gasteiger partial charge in [-0.05, 0) is 55.5 Å². The van der Waals surface area contributed by atoms with Crippen molar-refractivity contribution in [1.82, 2.24) is 20.0 Å². The Labute approximate surface area is 209 Å². The van der Waals surface area contributed by atoms with E-state index in [-0.39, 0.29) is 23.3 Å². The second-order valence-electron chi connectivity index (χ2n) is 8.96. The highest BCUT2D eigenvalue weighted by molar-refractivity contribution is 6.10. The van der Waals surface area contributed by atoms with Crippen molar-refractivity contribution >= 4 is 40.1 Å². The fraction of sp³-hybridized carbons (Fsp3) is 0.172. The number of hydrogen-bond acceptors (Lipinski definition) is 5. The second kappa shape index (κ2) is 10.00. The molecule has 2 heterocycles. The maximum absolute atomic E-state index is 13.5. The quantitative estimate of drug-likeness (QED) is 0.319. The van der Waals surface area contributed by atoms with E-state index in [1.165, 1.54) is 10.2 Å². The van der Waals surface area contributed by atoms with Crippen LogP contribution in [0.15, 0.2) is 84.0 Å². The minimum absolute atomic E-state index is 0.0561. The first-order valence-electron chi connectivity index (χ1n) is 12.0. The molecule has 0 aliphatic rings. The molecule has 0 aliphatic heterocycles. The SMILES string of the molecule is Cc1ccccc1/C=N\n1c(N)c(C(=O)N[C@@H](C)CCc2ccccc2)c2nc3ccccc3nc21. The van der Waals surface area contributed by atoms with Crippen LogP contribution in [0.1, 0.15) is 40.4 Å². The number of nitrogen functional groups attached to an aromatic ring is 1. The number of amides is 1. The Balaban J connectivity index is 1.51. The molecule has 0 bridgehead atoms. The zero-order valence-corrected chi connectivity index (χ0v) is 20.3. The number of rotatable bonds is 7. The van der Waals surface area contributed by atoms with Crippen LogP contribution in [0.4, 0.5) is 5.82 Å². The molecule has 5 rings (SSSR count). The summed E-state index contributed by atoms with van der Waals surface area (Å²) in [6.07, 6.45) is 3.39. The minimum Gasteiger partial charge on any atom is -0.383 e. The van der Waals surface area contributed by atoms with Crippen molar-refractivity contribution in [2.75, 3.05) is 5.73 Å². The maximum atomic E-state index is 13.5. The normalized spacial score (nSPS) is 12.4. The Kier molecular flexibility index (Phi) is 6.45. The molecule has 0 saturated carbocycles. The Hall–Kier alpha value is -4.52. The lowest BCUT2D eigenvalue weighted by Gasteiger charge is -2.14. The van der Waals surface area contributed by atoms with Crippen LogP contribution in [0.3, 0.4) is 0 Å². The molecule has 0 aliphatic carbocycles. The summed E-state index contributed by atoms with van der Waals surface area (Å²) in [5, 5.41) is 7.71. The second-order valence-corrected chi connectivity index (χ2v) is 8.96. The number of hydrogen-bond donors (Lipinski definition) is 2. The monoisotopic (exact) mass is 476 g/mol. The minimum atomic E-state index is -0.285. The molecule has 0 radical (unpaired) electrons. The summed E-state index contributed by atoms with van der Waals surface area (Å²) in [4.78, 5) is 23.0. The molecule has 3 aromatic carbocycles. The molecule has 7 nitrogen and oxygen atoms in total. The maximum Gasteiger partial charge on any atom is 0.257 e. The van der Waals surface area contributed by atoms with Gasteiger partial charge in [0.2, 0.25) is 0 Å². The lowest BCUT2D eigenvalue weighted by Crippen LogP contribution is -2.33. The number of nitrogens with two attached hydrogens (primary N) is 1. The van der Waals surface area contributed by atoms with E-state index in [1.807, 2.05) is 80.6 Å². The lowest BCUT2D eigenvalue weighted by atomic mass is 10.1. The Morgan fingerprint density at radius 1 is 1.00 bits per heavy atom. The lowest BCUT2D eigenvalue weighted by molar-refractivity contribution is 0.0940. The first-order chi connectivity index (χ1) is 17.5. The summed E-state index contributed by atoms with van der Waals surface area (Å²) < 4.78 is 1.50. The van der Waals surface area contributed by atoms with Crippen LogP contribution in [0.25, 0.3) is 22.2 Å². The van der Waals surface area contributed by atoms with Crippen LogP contribution in [-0.4, -0.2) is 32.8 Å². The molecule has 5 aromatic rings. The molecular weight excluding hydrogens is 448 g/mol. The molecule has 36 heavy (non-hydrogen) atoms. The number of nitrogens with one attached hydrogen (secondary N) is 1. The van der Waals surface area contributed by atoms with E-state index in [9.17, 15) is 4.79 Å². The van der Waals surface area contributed by atoms with Crippen molar-refractivity contribution in [1.29, 1.82) is 0 Å². The molecular formula is C29H28N6O. The predicted molar refractivity (Wildman–Crippen MR) is 145 cm³/mol. The summed E-state index contributed by atoms with van der Waals surface area (Å²) in [7, 11) is 0. The van der Waals surface area contributed by atoms with E-state index in [4.69, 9.17) is 15.7 Å². The number of anilines is 1. The third kappa shape index (κ3) is 4.68. The Morgan fingerprint density at radius 2 is 1.67 bits per heavy atom. The summed E-state index contributed by atoms with van der Waals surface area (Å²) in [6, 6.07) is 25.6. The van der Waals surface area contributed by atoms with Crippen molar-refractivity contribution in [3.63, 3.8) is 0 Å². The standard InChI is InChI=1S/C29H28N6O/c1-19-10-6-7-13-22(19)18-31-35-27(30)25(26-28(35)34-24-15-9-8-14-23(24)33-26)29(36)32-20(2)16-17-21-11-4-3-5-12-21/h3-15,18,20H,16-17,30H2,1-2H3,(H,32,36)/b31-18-/t20-/m0/s1. The summed E-state index contributed by atoms with van der Waals surface area (Å²) in [6.45, 7) is 4.01. The molecule has 0 unspecified atom stereocenters. The zero-order valence-electron chi connectivity index (χ0n) is 20.3. The third-order valence-electron chi connectivity index (χ3n) is 6.29. The van der Waals surface area contributed by atoms with Crippen molar-refractivity contribution in [2.45, 2.75) is 32.7 Å². The zero-order chi connectivity index (χ0) is 25.1. The fourth-order valence-electron chi connectivity index (χ4n) is 4.24. The number of benzene rings is 3.